The van der Waals surface area contributed by atoms with Crippen LogP contribution < -0.4 is 11.1 Å². The van der Waals surface area contributed by atoms with Crippen LogP contribution in [0.1, 0.15) is 53.4 Å². The Morgan fingerprint density at radius 1 is 1.56 bits per heavy atom. The Labute approximate surface area is 99.2 Å². The van der Waals surface area contributed by atoms with Crippen LogP contribution in [0.3, 0.4) is 0 Å². The van der Waals surface area contributed by atoms with Crippen LogP contribution in [-0.2, 0) is 4.79 Å². The molecule has 1 aliphatic carbocycles. The fraction of sp³-hybridized carbons (Fsp3) is 0.923. The quantitative estimate of drug-likeness (QED) is 0.771. The van der Waals surface area contributed by atoms with Crippen LogP contribution in [-0.4, -0.2) is 18.0 Å². The van der Waals surface area contributed by atoms with Gasteiger partial charge in [0, 0.05) is 6.04 Å². The maximum Gasteiger partial charge on any atom is 0.237 e. The van der Waals surface area contributed by atoms with Gasteiger partial charge in [-0.05, 0) is 24.2 Å². The molecular weight excluding hydrogens is 200 g/mol. The van der Waals surface area contributed by atoms with Crippen molar-refractivity contribution in [2.75, 3.05) is 0 Å². The SMILES string of the molecule is CCC(C)[C@H](N)C(=O)NC1CCCC1(C)C. The maximum absolute atomic E-state index is 12.0. The van der Waals surface area contributed by atoms with E-state index >= 15 is 0 Å². The Balaban J connectivity index is 2.51. The highest BCUT2D eigenvalue weighted by Crippen LogP contribution is 2.37. The van der Waals surface area contributed by atoms with Crippen molar-refractivity contribution < 1.29 is 4.79 Å². The zero-order valence-corrected chi connectivity index (χ0v) is 11.0. The summed E-state index contributed by atoms with van der Waals surface area (Å²) < 4.78 is 0. The average Bonchev–Trinajstić information content (AvgIpc) is 2.56. The van der Waals surface area contributed by atoms with E-state index in [2.05, 4.69) is 26.1 Å². The molecule has 3 N–H and O–H groups in total. The van der Waals surface area contributed by atoms with Crippen LogP contribution in [0.15, 0.2) is 0 Å². The molecule has 94 valence electrons. The summed E-state index contributed by atoms with van der Waals surface area (Å²) in [5, 5.41) is 3.12. The van der Waals surface area contributed by atoms with Crippen LogP contribution in [0.2, 0.25) is 0 Å². The van der Waals surface area contributed by atoms with Crippen LogP contribution in [0.4, 0.5) is 0 Å². The lowest BCUT2D eigenvalue weighted by molar-refractivity contribution is -0.124. The number of nitrogens with one attached hydrogen (secondary N) is 1. The Morgan fingerprint density at radius 3 is 2.62 bits per heavy atom. The second-order valence-corrected chi connectivity index (χ2v) is 5.85. The highest BCUT2D eigenvalue weighted by Gasteiger charge is 2.36. The summed E-state index contributed by atoms with van der Waals surface area (Å²) in [5.74, 6) is 0.277. The minimum absolute atomic E-state index is 0.0225. The smallest absolute Gasteiger partial charge is 0.237 e. The number of carbonyl (C=O) groups is 1. The molecule has 0 bridgehead atoms. The molecule has 0 aromatic rings. The van der Waals surface area contributed by atoms with Gasteiger partial charge in [-0.2, -0.15) is 0 Å². The largest absolute Gasteiger partial charge is 0.351 e. The van der Waals surface area contributed by atoms with Crippen molar-refractivity contribution in [3.63, 3.8) is 0 Å². The Bertz CT molecular complexity index is 250. The number of amides is 1. The first kappa shape index (κ1) is 13.5. The predicted molar refractivity (Wildman–Crippen MR) is 67.0 cm³/mol. The van der Waals surface area contributed by atoms with Gasteiger partial charge in [0.25, 0.3) is 0 Å². The number of nitrogens with two attached hydrogens (primary N) is 1. The fourth-order valence-corrected chi connectivity index (χ4v) is 2.37. The number of rotatable bonds is 4. The molecule has 0 radical (unpaired) electrons. The summed E-state index contributed by atoms with van der Waals surface area (Å²) in [5.41, 5.74) is 6.15. The molecule has 2 unspecified atom stereocenters. The zero-order valence-electron chi connectivity index (χ0n) is 11.0. The van der Waals surface area contributed by atoms with E-state index in [1.165, 1.54) is 12.8 Å². The molecule has 1 fully saturated rings. The van der Waals surface area contributed by atoms with Crippen molar-refractivity contribution in [2.45, 2.75) is 65.5 Å². The molecule has 1 aliphatic rings. The first-order chi connectivity index (χ1) is 7.38. The number of hydrogen-bond acceptors (Lipinski definition) is 2. The van der Waals surface area contributed by atoms with Gasteiger partial charge in [-0.1, -0.05) is 40.5 Å². The van der Waals surface area contributed by atoms with Gasteiger partial charge >= 0.3 is 0 Å². The second kappa shape index (κ2) is 5.17. The third-order valence-electron chi connectivity index (χ3n) is 4.13. The lowest BCUT2D eigenvalue weighted by Gasteiger charge is -2.29. The van der Waals surface area contributed by atoms with Crippen molar-refractivity contribution in [2.24, 2.45) is 17.1 Å². The topological polar surface area (TPSA) is 55.1 Å². The summed E-state index contributed by atoms with van der Waals surface area (Å²) in [7, 11) is 0. The molecule has 0 aromatic carbocycles. The van der Waals surface area contributed by atoms with Crippen molar-refractivity contribution in [1.29, 1.82) is 0 Å². The number of carbonyl (C=O) groups excluding carboxylic acids is 1. The van der Waals surface area contributed by atoms with Gasteiger partial charge in [-0.3, -0.25) is 4.79 Å². The van der Waals surface area contributed by atoms with Gasteiger partial charge in [-0.15, -0.1) is 0 Å². The summed E-state index contributed by atoms with van der Waals surface area (Å²) in [6, 6.07) is -0.0588. The highest BCUT2D eigenvalue weighted by atomic mass is 16.2. The molecule has 0 spiro atoms. The highest BCUT2D eigenvalue weighted by molar-refractivity contribution is 5.82. The van der Waals surface area contributed by atoms with Crippen molar-refractivity contribution in [1.82, 2.24) is 5.32 Å². The maximum atomic E-state index is 12.0. The summed E-state index contributed by atoms with van der Waals surface area (Å²) in [6.45, 7) is 8.54. The molecule has 16 heavy (non-hydrogen) atoms. The van der Waals surface area contributed by atoms with E-state index in [0.717, 1.165) is 12.8 Å². The zero-order chi connectivity index (χ0) is 12.3. The van der Waals surface area contributed by atoms with Crippen molar-refractivity contribution in [3.8, 4) is 0 Å². The van der Waals surface area contributed by atoms with E-state index < -0.39 is 0 Å². The van der Waals surface area contributed by atoms with E-state index in [1.807, 2.05) is 6.92 Å². The van der Waals surface area contributed by atoms with Crippen LogP contribution >= 0.6 is 0 Å². The third-order valence-corrected chi connectivity index (χ3v) is 4.13. The van der Waals surface area contributed by atoms with Gasteiger partial charge < -0.3 is 11.1 Å². The van der Waals surface area contributed by atoms with E-state index in [9.17, 15) is 4.79 Å². The van der Waals surface area contributed by atoms with Crippen molar-refractivity contribution >= 4 is 5.91 Å². The van der Waals surface area contributed by atoms with E-state index in [4.69, 9.17) is 5.73 Å². The molecule has 1 saturated carbocycles. The summed E-state index contributed by atoms with van der Waals surface area (Å²) >= 11 is 0. The average molecular weight is 226 g/mol. The van der Waals surface area contributed by atoms with Gasteiger partial charge in [0.15, 0.2) is 0 Å². The molecule has 3 atom stereocenters. The Kier molecular flexibility index (Phi) is 4.36. The van der Waals surface area contributed by atoms with E-state index in [-0.39, 0.29) is 23.3 Å². The molecule has 3 heteroatoms. The molecular formula is C13H26N2O. The minimum Gasteiger partial charge on any atom is -0.351 e. The Hall–Kier alpha value is -0.570. The molecule has 0 heterocycles. The lowest BCUT2D eigenvalue weighted by Crippen LogP contribution is -2.50. The summed E-state index contributed by atoms with van der Waals surface area (Å²) in [6.07, 6.45) is 4.43. The van der Waals surface area contributed by atoms with Crippen LogP contribution in [0.25, 0.3) is 0 Å². The molecule has 1 rings (SSSR count). The van der Waals surface area contributed by atoms with Crippen LogP contribution in [0, 0.1) is 11.3 Å². The van der Waals surface area contributed by atoms with E-state index in [0.29, 0.717) is 6.04 Å². The minimum atomic E-state index is -0.360. The second-order valence-electron chi connectivity index (χ2n) is 5.85. The van der Waals surface area contributed by atoms with Crippen molar-refractivity contribution in [3.05, 3.63) is 0 Å². The standard InChI is InChI=1S/C13H26N2O/c1-5-9(2)11(14)12(16)15-10-7-6-8-13(10,3)4/h9-11H,5-8,14H2,1-4H3,(H,15,16)/t9?,10?,11-/m0/s1. The van der Waals surface area contributed by atoms with Gasteiger partial charge in [0.05, 0.1) is 6.04 Å². The molecule has 3 nitrogen and oxygen atoms in total. The molecule has 1 amide bonds. The number of hydrogen-bond donors (Lipinski definition) is 2. The lowest BCUT2D eigenvalue weighted by atomic mass is 9.87. The Morgan fingerprint density at radius 2 is 2.19 bits per heavy atom. The first-order valence-corrected chi connectivity index (χ1v) is 6.44. The third kappa shape index (κ3) is 2.97. The van der Waals surface area contributed by atoms with E-state index in [1.54, 1.807) is 0 Å². The van der Waals surface area contributed by atoms with Gasteiger partial charge in [0.1, 0.15) is 0 Å². The molecule has 0 aromatic heterocycles. The fourth-order valence-electron chi connectivity index (χ4n) is 2.37. The molecule has 0 saturated heterocycles. The molecule has 0 aliphatic heterocycles. The normalized spacial score (nSPS) is 27.4. The van der Waals surface area contributed by atoms with Gasteiger partial charge in [-0.25, -0.2) is 0 Å². The van der Waals surface area contributed by atoms with Gasteiger partial charge in [0.2, 0.25) is 5.91 Å². The monoisotopic (exact) mass is 226 g/mol. The predicted octanol–water partition coefficient (Wildman–Crippen LogP) is 2.05. The summed E-state index contributed by atoms with van der Waals surface area (Å²) in [4.78, 5) is 12.0. The first-order valence-electron chi connectivity index (χ1n) is 6.44. The van der Waals surface area contributed by atoms with Crippen LogP contribution in [0.5, 0.6) is 0 Å².